The Morgan fingerprint density at radius 1 is 1.35 bits per heavy atom. The minimum absolute atomic E-state index is 0.289. The van der Waals surface area contributed by atoms with Crippen molar-refractivity contribution >= 4 is 17.9 Å². The number of nitrogens with two attached hydrogens (primary N) is 1. The fourth-order valence-electron chi connectivity index (χ4n) is 0.958. The summed E-state index contributed by atoms with van der Waals surface area (Å²) in [6.45, 7) is 4.02. The molecule has 3 amide bonds. The zero-order chi connectivity index (χ0) is 13.4. The molecule has 0 rings (SSSR count). The first kappa shape index (κ1) is 14.9. The van der Waals surface area contributed by atoms with Crippen LogP contribution >= 0.6 is 0 Å². The van der Waals surface area contributed by atoms with Crippen molar-refractivity contribution in [1.29, 1.82) is 0 Å². The van der Waals surface area contributed by atoms with Gasteiger partial charge in [0, 0.05) is 6.54 Å². The Morgan fingerprint density at radius 3 is 2.35 bits per heavy atom. The quantitative estimate of drug-likeness (QED) is 0.473. The molecule has 7 heteroatoms. The fraction of sp³-hybridized carbons (Fsp3) is 0.500. The highest BCUT2D eigenvalue weighted by Crippen LogP contribution is 1.91. The summed E-state index contributed by atoms with van der Waals surface area (Å²) in [5.41, 5.74) is 5.89. The van der Waals surface area contributed by atoms with Crippen LogP contribution in [0.1, 0.15) is 20.3 Å². The van der Waals surface area contributed by atoms with E-state index in [1.165, 1.54) is 0 Å². The van der Waals surface area contributed by atoms with Gasteiger partial charge in [-0.25, -0.2) is 9.59 Å². The van der Waals surface area contributed by atoms with Crippen molar-refractivity contribution in [2.45, 2.75) is 26.3 Å². The first-order valence-corrected chi connectivity index (χ1v) is 5.01. The summed E-state index contributed by atoms with van der Waals surface area (Å²) in [5, 5.41) is 13.3. The molecule has 17 heavy (non-hydrogen) atoms. The summed E-state index contributed by atoms with van der Waals surface area (Å²) in [7, 11) is 0. The Labute approximate surface area is 99.1 Å². The van der Waals surface area contributed by atoms with Crippen molar-refractivity contribution in [3.05, 3.63) is 11.6 Å². The van der Waals surface area contributed by atoms with E-state index in [4.69, 9.17) is 10.8 Å². The van der Waals surface area contributed by atoms with Gasteiger partial charge >= 0.3 is 12.0 Å². The third-order valence-electron chi connectivity index (χ3n) is 1.78. The lowest BCUT2D eigenvalue weighted by molar-refractivity contribution is -0.140. The number of amides is 3. The van der Waals surface area contributed by atoms with Gasteiger partial charge < -0.3 is 21.5 Å². The van der Waals surface area contributed by atoms with E-state index in [1.807, 2.05) is 13.8 Å². The number of urea groups is 1. The lowest BCUT2D eigenvalue weighted by Crippen LogP contribution is -2.47. The van der Waals surface area contributed by atoms with Gasteiger partial charge in [0.25, 0.3) is 0 Å². The summed E-state index contributed by atoms with van der Waals surface area (Å²) in [6.07, 6.45) is 1.33. The molecule has 0 aromatic heterocycles. The summed E-state index contributed by atoms with van der Waals surface area (Å²) in [4.78, 5) is 32.5. The molecule has 0 aliphatic carbocycles. The molecular weight excluding hydrogens is 226 g/mol. The van der Waals surface area contributed by atoms with Gasteiger partial charge in [0.15, 0.2) is 0 Å². The molecule has 0 radical (unpaired) electrons. The number of hydrogen-bond donors (Lipinski definition) is 4. The van der Waals surface area contributed by atoms with Crippen molar-refractivity contribution in [2.24, 2.45) is 5.73 Å². The van der Waals surface area contributed by atoms with E-state index in [-0.39, 0.29) is 6.54 Å². The van der Waals surface area contributed by atoms with Gasteiger partial charge in [-0.05, 0) is 13.8 Å². The van der Waals surface area contributed by atoms with Crippen LogP contribution in [0.3, 0.4) is 0 Å². The van der Waals surface area contributed by atoms with Crippen LogP contribution in [-0.4, -0.2) is 35.6 Å². The van der Waals surface area contributed by atoms with Crippen molar-refractivity contribution in [3.63, 3.8) is 0 Å². The van der Waals surface area contributed by atoms with Gasteiger partial charge in [-0.3, -0.25) is 4.79 Å². The average molecular weight is 243 g/mol. The van der Waals surface area contributed by atoms with Gasteiger partial charge in [-0.2, -0.15) is 0 Å². The third-order valence-corrected chi connectivity index (χ3v) is 1.78. The molecule has 1 atom stereocenters. The molecule has 1 unspecified atom stereocenters. The Bertz CT molecular complexity index is 334. The third kappa shape index (κ3) is 7.83. The molecule has 0 aromatic rings. The molecule has 0 saturated heterocycles. The number of carbonyl (C=O) groups is 3. The number of rotatable bonds is 6. The van der Waals surface area contributed by atoms with Gasteiger partial charge in [0.05, 0.1) is 6.42 Å². The molecule has 96 valence electrons. The number of nitrogens with one attached hydrogen (secondary N) is 2. The molecule has 0 bridgehead atoms. The zero-order valence-electron chi connectivity index (χ0n) is 9.82. The molecular formula is C10H17N3O4. The van der Waals surface area contributed by atoms with Gasteiger partial charge in [-0.1, -0.05) is 11.6 Å². The molecule has 0 fully saturated rings. The molecule has 0 aromatic carbocycles. The van der Waals surface area contributed by atoms with E-state index in [1.54, 1.807) is 6.08 Å². The van der Waals surface area contributed by atoms with Crippen molar-refractivity contribution < 1.29 is 19.5 Å². The molecule has 5 N–H and O–H groups in total. The number of allylic oxidation sites excluding steroid dienone is 1. The standard InChI is InChI=1S/C10H17N3O4/c1-6(2)3-4-12-10(17)13-7(9(15)16)5-8(11)14/h3,7H,4-5H2,1-2H3,(H2,11,14)(H,15,16)(H2,12,13,17). The smallest absolute Gasteiger partial charge is 0.326 e. The Hall–Kier alpha value is -2.05. The van der Waals surface area contributed by atoms with E-state index < -0.39 is 30.4 Å². The number of carboxylic acids is 1. The normalized spacial score (nSPS) is 11.2. The van der Waals surface area contributed by atoms with Crippen LogP contribution < -0.4 is 16.4 Å². The van der Waals surface area contributed by atoms with Crippen LogP contribution in [0, 0.1) is 0 Å². The van der Waals surface area contributed by atoms with E-state index in [9.17, 15) is 14.4 Å². The lowest BCUT2D eigenvalue weighted by atomic mass is 10.2. The van der Waals surface area contributed by atoms with E-state index >= 15 is 0 Å². The van der Waals surface area contributed by atoms with Crippen molar-refractivity contribution in [2.75, 3.05) is 6.54 Å². The minimum atomic E-state index is -1.31. The summed E-state index contributed by atoms with van der Waals surface area (Å²) in [5.74, 6) is -2.09. The maximum absolute atomic E-state index is 11.3. The zero-order valence-corrected chi connectivity index (χ0v) is 9.82. The number of carbonyl (C=O) groups excluding carboxylic acids is 2. The highest BCUT2D eigenvalue weighted by Gasteiger charge is 2.21. The van der Waals surface area contributed by atoms with Gasteiger partial charge in [0.2, 0.25) is 5.91 Å². The number of aliphatic carboxylic acids is 1. The Balaban J connectivity index is 4.17. The van der Waals surface area contributed by atoms with E-state index in [0.29, 0.717) is 0 Å². The highest BCUT2D eigenvalue weighted by atomic mass is 16.4. The minimum Gasteiger partial charge on any atom is -0.480 e. The summed E-state index contributed by atoms with van der Waals surface area (Å²) < 4.78 is 0. The molecule has 7 nitrogen and oxygen atoms in total. The Morgan fingerprint density at radius 2 is 1.94 bits per heavy atom. The second-order valence-electron chi connectivity index (χ2n) is 3.70. The largest absolute Gasteiger partial charge is 0.480 e. The van der Waals surface area contributed by atoms with Crippen LogP contribution in [0.5, 0.6) is 0 Å². The van der Waals surface area contributed by atoms with Gasteiger partial charge in [0.1, 0.15) is 6.04 Å². The van der Waals surface area contributed by atoms with E-state index in [2.05, 4.69) is 10.6 Å². The number of primary amides is 1. The highest BCUT2D eigenvalue weighted by molar-refractivity contribution is 5.87. The molecule has 0 aliphatic rings. The molecule has 0 spiro atoms. The fourth-order valence-corrected chi connectivity index (χ4v) is 0.958. The topological polar surface area (TPSA) is 122 Å². The second-order valence-corrected chi connectivity index (χ2v) is 3.70. The van der Waals surface area contributed by atoms with Gasteiger partial charge in [-0.15, -0.1) is 0 Å². The Kier molecular flexibility index (Phi) is 6.39. The van der Waals surface area contributed by atoms with E-state index in [0.717, 1.165) is 5.57 Å². The number of carboxylic acid groups (broad SMARTS) is 1. The monoisotopic (exact) mass is 243 g/mol. The SMILES string of the molecule is CC(C)=CCNC(=O)NC(CC(N)=O)C(=O)O. The first-order chi connectivity index (χ1) is 7.82. The van der Waals surface area contributed by atoms with Crippen molar-refractivity contribution in [3.8, 4) is 0 Å². The van der Waals surface area contributed by atoms with Crippen LogP contribution in [0.4, 0.5) is 4.79 Å². The lowest BCUT2D eigenvalue weighted by Gasteiger charge is -2.12. The molecule has 0 aliphatic heterocycles. The molecule has 0 heterocycles. The second kappa shape index (κ2) is 7.26. The van der Waals surface area contributed by atoms with Crippen molar-refractivity contribution in [1.82, 2.24) is 10.6 Å². The summed E-state index contributed by atoms with van der Waals surface area (Å²) in [6, 6.07) is -1.96. The predicted octanol–water partition coefficient (Wildman–Crippen LogP) is -0.420. The van der Waals surface area contributed by atoms with Crippen LogP contribution in [0.25, 0.3) is 0 Å². The summed E-state index contributed by atoms with van der Waals surface area (Å²) >= 11 is 0. The number of hydrogen-bond acceptors (Lipinski definition) is 3. The first-order valence-electron chi connectivity index (χ1n) is 5.01. The maximum Gasteiger partial charge on any atom is 0.326 e. The van der Waals surface area contributed by atoms with Crippen LogP contribution in [-0.2, 0) is 9.59 Å². The average Bonchev–Trinajstić information content (AvgIpc) is 2.15. The predicted molar refractivity (Wildman–Crippen MR) is 61.2 cm³/mol. The van der Waals surface area contributed by atoms with Crippen LogP contribution in [0.15, 0.2) is 11.6 Å². The molecule has 0 saturated carbocycles. The maximum atomic E-state index is 11.3. The van der Waals surface area contributed by atoms with Crippen LogP contribution in [0.2, 0.25) is 0 Å².